The molecular formula is C24H22O8. The second-order valence-corrected chi connectivity index (χ2v) is 8.15. The topological polar surface area (TPSA) is 127 Å². The number of carbonyl (C=O) groups excluding carboxylic acids is 4. The van der Waals surface area contributed by atoms with Gasteiger partial charge in [-0.1, -0.05) is 24.3 Å². The van der Waals surface area contributed by atoms with Crippen molar-refractivity contribution in [3.8, 4) is 11.5 Å². The highest BCUT2D eigenvalue weighted by Crippen LogP contribution is 2.42. The number of Topliss-reactive ketones (excluding diaryl/α,β-unsaturated/α-hetero) is 2. The summed E-state index contributed by atoms with van der Waals surface area (Å²) < 4.78 is 10.6. The van der Waals surface area contributed by atoms with E-state index in [1.165, 1.54) is 38.1 Å². The fraction of sp³-hybridized carbons (Fsp3) is 0.333. The summed E-state index contributed by atoms with van der Waals surface area (Å²) in [6.45, 7) is 2.68. The Hall–Kier alpha value is -3.36. The molecule has 2 N–H and O–H groups in total. The van der Waals surface area contributed by atoms with Crippen molar-refractivity contribution in [2.24, 2.45) is 23.7 Å². The maximum Gasteiger partial charge on any atom is 0.322 e. The van der Waals surface area contributed by atoms with Crippen LogP contribution in [0.4, 0.5) is 0 Å². The number of ether oxygens (including phenoxy) is 2. The summed E-state index contributed by atoms with van der Waals surface area (Å²) in [5, 5.41) is 21.3. The van der Waals surface area contributed by atoms with Gasteiger partial charge in [0.2, 0.25) is 0 Å². The predicted octanol–water partition coefficient (Wildman–Crippen LogP) is 1.82. The number of benzene rings is 2. The van der Waals surface area contributed by atoms with E-state index >= 15 is 0 Å². The van der Waals surface area contributed by atoms with Crippen LogP contribution in [0.25, 0.3) is 0 Å². The maximum absolute atomic E-state index is 13.2. The maximum atomic E-state index is 13.2. The van der Waals surface area contributed by atoms with Crippen molar-refractivity contribution >= 4 is 23.5 Å². The molecule has 0 fully saturated rings. The number of fused-ring (bicyclic) bond motifs is 2. The summed E-state index contributed by atoms with van der Waals surface area (Å²) in [5.41, 5.74) is 0.296. The fourth-order valence-corrected chi connectivity index (χ4v) is 4.72. The Morgan fingerprint density at radius 3 is 1.34 bits per heavy atom. The Morgan fingerprint density at radius 1 is 0.656 bits per heavy atom. The van der Waals surface area contributed by atoms with E-state index in [1.54, 1.807) is 24.3 Å². The molecule has 8 heteroatoms. The monoisotopic (exact) mass is 438 g/mol. The highest BCUT2D eigenvalue weighted by atomic mass is 16.5. The van der Waals surface area contributed by atoms with Crippen LogP contribution in [0.15, 0.2) is 48.5 Å². The number of hydrogen-bond donors (Lipinski definition) is 2. The van der Waals surface area contributed by atoms with Crippen LogP contribution in [-0.4, -0.2) is 45.9 Å². The second-order valence-electron chi connectivity index (χ2n) is 8.15. The molecule has 2 aliphatic rings. The third kappa shape index (κ3) is 3.51. The lowest BCUT2D eigenvalue weighted by atomic mass is 9.66. The Bertz CT molecular complexity index is 1020. The van der Waals surface area contributed by atoms with Gasteiger partial charge in [-0.05, 0) is 38.1 Å². The van der Waals surface area contributed by atoms with Gasteiger partial charge in [-0.15, -0.1) is 0 Å². The van der Waals surface area contributed by atoms with Gasteiger partial charge in [0, 0.05) is 11.8 Å². The van der Waals surface area contributed by atoms with Gasteiger partial charge < -0.3 is 19.7 Å². The van der Waals surface area contributed by atoms with Crippen LogP contribution in [0.3, 0.4) is 0 Å². The summed E-state index contributed by atoms with van der Waals surface area (Å²) >= 11 is 0. The van der Waals surface area contributed by atoms with Gasteiger partial charge in [0.25, 0.3) is 0 Å². The molecule has 0 spiro atoms. The molecule has 166 valence electrons. The zero-order valence-electron chi connectivity index (χ0n) is 17.4. The molecule has 6 unspecified atom stereocenters. The van der Waals surface area contributed by atoms with Gasteiger partial charge in [-0.2, -0.15) is 0 Å². The minimum absolute atomic E-state index is 0.0961. The fourth-order valence-electron chi connectivity index (χ4n) is 4.72. The summed E-state index contributed by atoms with van der Waals surface area (Å²) in [6, 6.07) is 12.4. The molecule has 32 heavy (non-hydrogen) atoms. The molecule has 8 nitrogen and oxygen atoms in total. The molecule has 2 aliphatic heterocycles. The average Bonchev–Trinajstić information content (AvgIpc) is 2.74. The first-order valence-corrected chi connectivity index (χ1v) is 10.3. The van der Waals surface area contributed by atoms with Gasteiger partial charge in [0.1, 0.15) is 23.3 Å². The molecule has 2 aromatic carbocycles. The van der Waals surface area contributed by atoms with Gasteiger partial charge in [-0.3, -0.25) is 19.2 Å². The summed E-state index contributed by atoms with van der Waals surface area (Å²) in [7, 11) is 0. The Balaban J connectivity index is 1.80. The molecule has 2 aromatic rings. The highest BCUT2D eigenvalue weighted by Gasteiger charge is 2.54. The van der Waals surface area contributed by atoms with E-state index in [1.807, 2.05) is 0 Å². The number of ketones is 2. The smallest absolute Gasteiger partial charge is 0.322 e. The molecule has 0 bridgehead atoms. The number of rotatable bonds is 5. The normalized spacial score (nSPS) is 23.9. The summed E-state index contributed by atoms with van der Waals surface area (Å²) in [4.78, 5) is 52.2. The Labute approximate surface area is 183 Å². The molecule has 0 aromatic heterocycles. The third-order valence-electron chi connectivity index (χ3n) is 6.13. The molecule has 6 atom stereocenters. The van der Waals surface area contributed by atoms with Crippen molar-refractivity contribution in [3.05, 3.63) is 59.7 Å². The first-order chi connectivity index (χ1) is 15.2. The SMILES string of the molecule is CC(O)C(C1C(=O)Oc2ccccc2C1=O)C(C(C)O)C1C(=O)Oc2ccccc2C1=O. The van der Waals surface area contributed by atoms with E-state index in [0.29, 0.717) is 0 Å². The number of carbonyl (C=O) groups is 4. The van der Waals surface area contributed by atoms with E-state index in [4.69, 9.17) is 9.47 Å². The van der Waals surface area contributed by atoms with Crippen LogP contribution in [0.2, 0.25) is 0 Å². The third-order valence-corrected chi connectivity index (χ3v) is 6.13. The van der Waals surface area contributed by atoms with Crippen LogP contribution < -0.4 is 9.47 Å². The number of aliphatic hydroxyl groups excluding tert-OH is 2. The van der Waals surface area contributed by atoms with Crippen LogP contribution in [0.5, 0.6) is 11.5 Å². The number of para-hydroxylation sites is 2. The van der Waals surface area contributed by atoms with Crippen LogP contribution in [0, 0.1) is 23.7 Å². The molecule has 0 amide bonds. The molecule has 2 heterocycles. The van der Waals surface area contributed by atoms with Crippen LogP contribution >= 0.6 is 0 Å². The zero-order chi connectivity index (χ0) is 23.2. The lowest BCUT2D eigenvalue weighted by Crippen LogP contribution is -2.53. The zero-order valence-corrected chi connectivity index (χ0v) is 17.4. The van der Waals surface area contributed by atoms with Crippen LogP contribution in [-0.2, 0) is 9.59 Å². The van der Waals surface area contributed by atoms with Crippen molar-refractivity contribution < 1.29 is 38.9 Å². The standard InChI is InChI=1S/C24H22O8/c1-11(25)17(19-21(27)13-7-3-5-9-15(13)31-23(19)29)18(12(2)26)20-22(28)14-8-4-6-10-16(14)32-24(20)30/h3-12,17-20,25-26H,1-2H3. The predicted molar refractivity (Wildman–Crippen MR) is 110 cm³/mol. The Morgan fingerprint density at radius 2 is 1.00 bits per heavy atom. The van der Waals surface area contributed by atoms with Crippen molar-refractivity contribution in [2.45, 2.75) is 26.1 Å². The first kappa shape index (κ1) is 21.9. The van der Waals surface area contributed by atoms with E-state index in [0.717, 1.165) is 0 Å². The van der Waals surface area contributed by atoms with Crippen molar-refractivity contribution in [1.29, 1.82) is 0 Å². The minimum atomic E-state index is -1.51. The lowest BCUT2D eigenvalue weighted by Gasteiger charge is -2.40. The summed E-state index contributed by atoms with van der Waals surface area (Å²) in [6.07, 6.45) is -2.67. The molecule has 4 rings (SSSR count). The first-order valence-electron chi connectivity index (χ1n) is 10.3. The summed E-state index contributed by atoms with van der Waals surface area (Å²) in [5.74, 6) is -8.44. The largest absolute Gasteiger partial charge is 0.425 e. The second kappa shape index (κ2) is 8.29. The molecule has 0 radical (unpaired) electrons. The number of aliphatic hydroxyl groups is 2. The van der Waals surface area contributed by atoms with Crippen LogP contribution in [0.1, 0.15) is 34.6 Å². The van der Waals surface area contributed by atoms with Crippen molar-refractivity contribution in [2.75, 3.05) is 0 Å². The number of hydrogen-bond acceptors (Lipinski definition) is 8. The van der Waals surface area contributed by atoms with E-state index in [-0.39, 0.29) is 22.6 Å². The average molecular weight is 438 g/mol. The van der Waals surface area contributed by atoms with Gasteiger partial charge in [0.05, 0.1) is 23.3 Å². The van der Waals surface area contributed by atoms with E-state index in [9.17, 15) is 29.4 Å². The quantitative estimate of drug-likeness (QED) is 0.411. The number of esters is 2. The molecule has 0 saturated carbocycles. The minimum Gasteiger partial charge on any atom is -0.425 e. The lowest BCUT2D eigenvalue weighted by molar-refractivity contribution is -0.150. The van der Waals surface area contributed by atoms with Gasteiger partial charge in [0.15, 0.2) is 11.6 Å². The van der Waals surface area contributed by atoms with Crippen molar-refractivity contribution in [1.82, 2.24) is 0 Å². The molecule has 0 saturated heterocycles. The van der Waals surface area contributed by atoms with Gasteiger partial charge in [-0.25, -0.2) is 0 Å². The van der Waals surface area contributed by atoms with Gasteiger partial charge >= 0.3 is 11.9 Å². The van der Waals surface area contributed by atoms with E-state index < -0.39 is 59.4 Å². The molecular weight excluding hydrogens is 416 g/mol. The van der Waals surface area contributed by atoms with E-state index in [2.05, 4.69) is 0 Å². The Kier molecular flexibility index (Phi) is 5.66. The van der Waals surface area contributed by atoms with Crippen molar-refractivity contribution in [3.63, 3.8) is 0 Å². The molecule has 0 aliphatic carbocycles. The highest BCUT2D eigenvalue weighted by molar-refractivity contribution is 6.15.